The van der Waals surface area contributed by atoms with Gasteiger partial charge in [-0.3, -0.25) is 19.6 Å². The van der Waals surface area contributed by atoms with Crippen molar-refractivity contribution in [1.29, 1.82) is 0 Å². The van der Waals surface area contributed by atoms with E-state index in [4.69, 9.17) is 9.94 Å². The van der Waals surface area contributed by atoms with Crippen LogP contribution in [0.4, 0.5) is 5.69 Å². The second-order valence-corrected chi connectivity index (χ2v) is 8.25. The molecule has 2 aromatic rings. The van der Waals surface area contributed by atoms with E-state index in [1.807, 2.05) is 30.3 Å². The van der Waals surface area contributed by atoms with Gasteiger partial charge in [-0.1, -0.05) is 50.2 Å². The maximum absolute atomic E-state index is 13.4. The van der Waals surface area contributed by atoms with Gasteiger partial charge in [-0.2, -0.15) is 0 Å². The minimum Gasteiger partial charge on any atom is -0.489 e. The second kappa shape index (κ2) is 8.03. The number of nitrogens with zero attached hydrogens (tertiary/aromatic N) is 1. The van der Waals surface area contributed by atoms with Gasteiger partial charge in [-0.05, 0) is 24.0 Å². The van der Waals surface area contributed by atoms with Crippen LogP contribution in [0.25, 0.3) is 0 Å². The highest BCUT2D eigenvalue weighted by Crippen LogP contribution is 2.47. The van der Waals surface area contributed by atoms with Gasteiger partial charge in [0.25, 0.3) is 5.91 Å². The lowest BCUT2D eigenvalue weighted by atomic mass is 9.80. The van der Waals surface area contributed by atoms with Crippen LogP contribution in [-0.4, -0.2) is 40.4 Å². The fraction of sp³-hybridized carbons (Fsp3) is 0.348. The van der Waals surface area contributed by atoms with Crippen LogP contribution in [0.2, 0.25) is 0 Å². The minimum absolute atomic E-state index is 0.232. The molecular weight excluding hydrogens is 398 g/mol. The van der Waals surface area contributed by atoms with Crippen LogP contribution in [0, 0.1) is 5.92 Å². The Morgan fingerprint density at radius 3 is 2.65 bits per heavy atom. The van der Waals surface area contributed by atoms with Crippen molar-refractivity contribution in [3.8, 4) is 5.75 Å². The molecule has 8 nitrogen and oxygen atoms in total. The number of benzene rings is 2. The molecule has 1 fully saturated rings. The Morgan fingerprint density at radius 2 is 1.97 bits per heavy atom. The number of hydroxylamine groups is 1. The third kappa shape index (κ3) is 3.42. The summed E-state index contributed by atoms with van der Waals surface area (Å²) >= 11 is 0. The Bertz CT molecular complexity index is 1020. The first-order valence-electron chi connectivity index (χ1n) is 10.3. The molecule has 162 valence electrons. The highest BCUT2D eigenvalue weighted by atomic mass is 16.5. The Labute approximate surface area is 180 Å². The van der Waals surface area contributed by atoms with Crippen LogP contribution >= 0.6 is 0 Å². The highest BCUT2D eigenvalue weighted by molar-refractivity contribution is 6.22. The molecule has 3 N–H and O–H groups in total. The van der Waals surface area contributed by atoms with E-state index in [1.165, 1.54) is 4.90 Å². The molecule has 4 rings (SSSR count). The summed E-state index contributed by atoms with van der Waals surface area (Å²) in [6.07, 6.45) is 0.261. The van der Waals surface area contributed by atoms with Crippen LogP contribution in [0.1, 0.15) is 31.4 Å². The van der Waals surface area contributed by atoms with Crippen molar-refractivity contribution in [2.45, 2.75) is 38.3 Å². The first-order chi connectivity index (χ1) is 14.9. The first kappa shape index (κ1) is 20.9. The van der Waals surface area contributed by atoms with E-state index in [2.05, 4.69) is 5.32 Å². The fourth-order valence-corrected chi connectivity index (χ4v) is 4.52. The Hall–Kier alpha value is -3.39. The monoisotopic (exact) mass is 423 g/mol. The molecule has 2 unspecified atom stereocenters. The van der Waals surface area contributed by atoms with Gasteiger partial charge in [0.1, 0.15) is 18.4 Å². The summed E-state index contributed by atoms with van der Waals surface area (Å²) in [7, 11) is 0. The van der Waals surface area contributed by atoms with Gasteiger partial charge in [0.2, 0.25) is 11.8 Å². The van der Waals surface area contributed by atoms with Crippen molar-refractivity contribution < 1.29 is 24.3 Å². The number of hydrogen-bond acceptors (Lipinski definition) is 5. The van der Waals surface area contributed by atoms with E-state index >= 15 is 0 Å². The number of nitrogens with one attached hydrogen (secondary N) is 2. The van der Waals surface area contributed by atoms with Gasteiger partial charge in [0.05, 0.1) is 0 Å². The lowest BCUT2D eigenvalue weighted by molar-refractivity contribution is -0.147. The van der Waals surface area contributed by atoms with Gasteiger partial charge < -0.3 is 15.0 Å². The van der Waals surface area contributed by atoms with Crippen molar-refractivity contribution in [2.75, 3.05) is 11.9 Å². The number of amides is 3. The standard InChI is InChI=1S/C23H25N3O5/c1-14(2)19(20(27)25-30)26-11-10-23(22(26)29)17-9-8-16(12-18(17)24-21(23)28)31-13-15-6-4-3-5-7-15/h3-9,12,14,19,30H,10-11,13H2,1-2H3,(H,24,28)(H,25,27). The van der Waals surface area contributed by atoms with E-state index < -0.39 is 29.2 Å². The predicted octanol–water partition coefficient (Wildman–Crippen LogP) is 2.22. The molecule has 2 atom stereocenters. The summed E-state index contributed by atoms with van der Waals surface area (Å²) in [4.78, 5) is 40.0. The fourth-order valence-electron chi connectivity index (χ4n) is 4.52. The maximum atomic E-state index is 13.4. The molecule has 31 heavy (non-hydrogen) atoms. The zero-order valence-electron chi connectivity index (χ0n) is 17.4. The molecule has 0 saturated carbocycles. The van der Waals surface area contributed by atoms with Gasteiger partial charge in [-0.25, -0.2) is 5.48 Å². The largest absolute Gasteiger partial charge is 0.489 e. The third-order valence-electron chi connectivity index (χ3n) is 6.03. The first-order valence-corrected chi connectivity index (χ1v) is 10.3. The molecule has 1 saturated heterocycles. The molecule has 2 aromatic carbocycles. The quantitative estimate of drug-likeness (QED) is 0.375. The molecule has 3 amide bonds. The van der Waals surface area contributed by atoms with Gasteiger partial charge in [0, 0.05) is 23.9 Å². The summed E-state index contributed by atoms with van der Waals surface area (Å²) in [5, 5.41) is 11.9. The number of rotatable bonds is 6. The number of ether oxygens (including phenoxy) is 1. The van der Waals surface area contributed by atoms with Crippen molar-refractivity contribution in [3.63, 3.8) is 0 Å². The van der Waals surface area contributed by atoms with E-state index in [0.717, 1.165) is 5.56 Å². The molecule has 0 bridgehead atoms. The van der Waals surface area contributed by atoms with Crippen molar-refractivity contribution in [1.82, 2.24) is 10.4 Å². The zero-order chi connectivity index (χ0) is 22.2. The smallest absolute Gasteiger partial charge is 0.266 e. The van der Waals surface area contributed by atoms with Gasteiger partial charge in [-0.15, -0.1) is 0 Å². The number of likely N-dealkylation sites (tertiary alicyclic amines) is 1. The van der Waals surface area contributed by atoms with Crippen LogP contribution in [0.15, 0.2) is 48.5 Å². The third-order valence-corrected chi connectivity index (χ3v) is 6.03. The highest BCUT2D eigenvalue weighted by Gasteiger charge is 2.59. The average Bonchev–Trinajstić information content (AvgIpc) is 3.25. The Morgan fingerprint density at radius 1 is 1.23 bits per heavy atom. The maximum Gasteiger partial charge on any atom is 0.266 e. The van der Waals surface area contributed by atoms with E-state index in [1.54, 1.807) is 37.5 Å². The predicted molar refractivity (Wildman–Crippen MR) is 112 cm³/mol. The Balaban J connectivity index is 1.59. The average molecular weight is 423 g/mol. The summed E-state index contributed by atoms with van der Waals surface area (Å²) in [6.45, 7) is 4.21. The topological polar surface area (TPSA) is 108 Å². The number of hydrogen-bond donors (Lipinski definition) is 3. The molecule has 0 aliphatic carbocycles. The van der Waals surface area contributed by atoms with Crippen LogP contribution in [-0.2, 0) is 26.4 Å². The van der Waals surface area contributed by atoms with E-state index in [0.29, 0.717) is 23.6 Å². The summed E-state index contributed by atoms with van der Waals surface area (Å²) in [5.41, 5.74) is 2.42. The molecule has 1 spiro atoms. The van der Waals surface area contributed by atoms with Crippen LogP contribution < -0.4 is 15.5 Å². The van der Waals surface area contributed by atoms with E-state index in [9.17, 15) is 14.4 Å². The second-order valence-electron chi connectivity index (χ2n) is 8.25. The SMILES string of the molecule is CC(C)C(C(=O)NO)N1CCC2(C(=O)Nc3cc(OCc4ccccc4)ccc32)C1=O. The molecular formula is C23H25N3O5. The lowest BCUT2D eigenvalue weighted by Gasteiger charge is -2.30. The summed E-state index contributed by atoms with van der Waals surface area (Å²) in [6, 6.07) is 14.1. The van der Waals surface area contributed by atoms with Crippen LogP contribution in [0.5, 0.6) is 5.75 Å². The normalized spacial score (nSPS) is 20.7. The van der Waals surface area contributed by atoms with Crippen molar-refractivity contribution in [2.24, 2.45) is 5.92 Å². The summed E-state index contributed by atoms with van der Waals surface area (Å²) in [5.74, 6) is -1.14. The molecule has 2 aliphatic heterocycles. The molecule has 8 heteroatoms. The molecule has 2 heterocycles. The number of fused-ring (bicyclic) bond motifs is 2. The van der Waals surface area contributed by atoms with Gasteiger partial charge >= 0.3 is 0 Å². The minimum atomic E-state index is -1.36. The summed E-state index contributed by atoms with van der Waals surface area (Å²) < 4.78 is 5.84. The zero-order valence-corrected chi connectivity index (χ0v) is 17.4. The number of carbonyl (C=O) groups excluding carboxylic acids is 3. The lowest BCUT2D eigenvalue weighted by Crippen LogP contribution is -2.53. The number of carbonyl (C=O) groups is 3. The number of anilines is 1. The molecule has 0 aromatic heterocycles. The van der Waals surface area contributed by atoms with Crippen molar-refractivity contribution >= 4 is 23.4 Å². The molecule has 2 aliphatic rings. The Kier molecular flexibility index (Phi) is 5.41. The molecule has 0 radical (unpaired) electrons. The van der Waals surface area contributed by atoms with Gasteiger partial charge in [0.15, 0.2) is 5.41 Å². The van der Waals surface area contributed by atoms with Crippen molar-refractivity contribution in [3.05, 3.63) is 59.7 Å². The van der Waals surface area contributed by atoms with E-state index in [-0.39, 0.29) is 18.9 Å². The van der Waals surface area contributed by atoms with Crippen LogP contribution in [0.3, 0.4) is 0 Å².